The molecule has 1 heterocycles. The Balaban J connectivity index is 0.00000128. The number of ether oxygens (including phenoxy) is 1. The number of hydrogen-bond acceptors (Lipinski definition) is 3. The van der Waals surface area contributed by atoms with Crippen LogP contribution in [0.4, 0.5) is 0 Å². The van der Waals surface area contributed by atoms with Crippen LogP contribution < -0.4 is 21.5 Å². The molecule has 0 spiro atoms. The van der Waals surface area contributed by atoms with E-state index in [9.17, 15) is 4.79 Å². The molecule has 16 heavy (non-hydrogen) atoms. The Kier molecular flexibility index (Phi) is 4.89. The quantitative estimate of drug-likeness (QED) is 0.524. The van der Waals surface area contributed by atoms with Crippen LogP contribution in [0.15, 0.2) is 29.8 Å². The average Bonchev–Trinajstić information content (AvgIpc) is 2.62. The molecular formula is C11H12BrNO2S. The van der Waals surface area contributed by atoms with Gasteiger partial charge in [-0.1, -0.05) is 23.5 Å². The zero-order valence-corrected chi connectivity index (χ0v) is 11.3. The molecule has 0 aliphatic carbocycles. The minimum absolute atomic E-state index is 0. The van der Waals surface area contributed by atoms with Crippen LogP contribution >= 0.6 is 11.3 Å². The number of carbonyl (C=O) groups excluding carboxylic acids is 1. The maximum atomic E-state index is 11.3. The van der Waals surface area contributed by atoms with E-state index in [0.29, 0.717) is 6.61 Å². The van der Waals surface area contributed by atoms with E-state index in [2.05, 4.69) is 0 Å². The third-order valence-electron chi connectivity index (χ3n) is 2.09. The monoisotopic (exact) mass is 301 g/mol. The van der Waals surface area contributed by atoms with Crippen LogP contribution in [-0.2, 0) is 16.1 Å². The summed E-state index contributed by atoms with van der Waals surface area (Å²) < 4.78 is 8.01. The summed E-state index contributed by atoms with van der Waals surface area (Å²) in [6.07, 6.45) is 0. The van der Waals surface area contributed by atoms with E-state index in [1.54, 1.807) is 11.3 Å². The van der Waals surface area contributed by atoms with Crippen molar-refractivity contribution in [1.82, 2.24) is 0 Å². The summed E-state index contributed by atoms with van der Waals surface area (Å²) in [5, 5.41) is 0. The zero-order chi connectivity index (χ0) is 10.7. The number of para-hydroxylation sites is 1. The molecule has 3 nitrogen and oxygen atoms in total. The van der Waals surface area contributed by atoms with Gasteiger partial charge in [-0.25, -0.2) is 4.79 Å². The maximum Gasteiger partial charge on any atom is 0.372 e. The number of benzene rings is 1. The molecule has 0 aliphatic rings. The van der Waals surface area contributed by atoms with Crippen LogP contribution in [0.5, 0.6) is 0 Å². The molecule has 0 aliphatic heterocycles. The molecular weight excluding hydrogens is 290 g/mol. The number of rotatable bonds is 3. The Hall–Kier alpha value is -0.940. The van der Waals surface area contributed by atoms with E-state index in [-0.39, 0.29) is 29.5 Å². The first-order valence-corrected chi connectivity index (χ1v) is 5.70. The Morgan fingerprint density at radius 1 is 1.44 bits per heavy atom. The molecule has 0 saturated carbocycles. The van der Waals surface area contributed by atoms with Crippen molar-refractivity contribution in [1.29, 1.82) is 0 Å². The standard InChI is InChI=1S/C11H12NO2S.BrH/c1-2-14-11(13)7-12-8-15-10-6-4-3-5-9(10)12;/h3-6,8H,2,7H2,1H3;1H/q+1;/p-1. The Morgan fingerprint density at radius 3 is 2.94 bits per heavy atom. The van der Waals surface area contributed by atoms with Crippen molar-refractivity contribution < 1.29 is 31.1 Å². The number of halogens is 1. The van der Waals surface area contributed by atoms with Crippen molar-refractivity contribution in [2.24, 2.45) is 0 Å². The third-order valence-corrected chi connectivity index (χ3v) is 3.05. The van der Waals surface area contributed by atoms with Gasteiger partial charge in [0.25, 0.3) is 0 Å². The number of aromatic nitrogens is 1. The van der Waals surface area contributed by atoms with Crippen LogP contribution in [0.25, 0.3) is 10.2 Å². The summed E-state index contributed by atoms with van der Waals surface area (Å²) in [6.45, 7) is 2.54. The van der Waals surface area contributed by atoms with Gasteiger partial charge in [0.2, 0.25) is 17.6 Å². The van der Waals surface area contributed by atoms with Gasteiger partial charge in [0.05, 0.1) is 6.61 Å². The number of hydrogen-bond donors (Lipinski definition) is 0. The van der Waals surface area contributed by atoms with Crippen LogP contribution in [0.3, 0.4) is 0 Å². The highest BCUT2D eigenvalue weighted by Crippen LogP contribution is 2.14. The second kappa shape index (κ2) is 5.96. The fourth-order valence-electron chi connectivity index (χ4n) is 1.44. The van der Waals surface area contributed by atoms with Gasteiger partial charge >= 0.3 is 5.97 Å². The van der Waals surface area contributed by atoms with Gasteiger partial charge in [0.1, 0.15) is 4.70 Å². The smallest absolute Gasteiger partial charge is 0.372 e. The molecule has 0 N–H and O–H groups in total. The molecule has 0 radical (unpaired) electrons. The molecule has 1 aromatic heterocycles. The molecule has 0 amide bonds. The largest absolute Gasteiger partial charge is 1.00 e. The highest BCUT2D eigenvalue weighted by atomic mass is 79.9. The minimum atomic E-state index is -0.189. The molecule has 5 heteroatoms. The highest BCUT2D eigenvalue weighted by Gasteiger charge is 2.15. The number of thiazole rings is 1. The average molecular weight is 302 g/mol. The van der Waals surface area contributed by atoms with Gasteiger partial charge in [-0.05, 0) is 13.0 Å². The van der Waals surface area contributed by atoms with Crippen molar-refractivity contribution in [2.75, 3.05) is 6.61 Å². The Labute approximate surface area is 108 Å². The first-order chi connectivity index (χ1) is 7.31. The van der Waals surface area contributed by atoms with E-state index in [0.717, 1.165) is 5.52 Å². The minimum Gasteiger partial charge on any atom is -1.00 e. The lowest BCUT2D eigenvalue weighted by atomic mass is 10.3. The van der Waals surface area contributed by atoms with Gasteiger partial charge in [-0.2, -0.15) is 4.57 Å². The normalized spacial score (nSPS) is 9.81. The number of fused-ring (bicyclic) bond motifs is 1. The number of carbonyl (C=O) groups is 1. The SMILES string of the molecule is CCOC(=O)C[n+]1csc2ccccc21.[Br-]. The van der Waals surface area contributed by atoms with E-state index in [1.165, 1.54) is 4.70 Å². The van der Waals surface area contributed by atoms with Gasteiger partial charge in [0.15, 0.2) is 0 Å². The van der Waals surface area contributed by atoms with E-state index in [1.807, 2.05) is 41.3 Å². The molecule has 0 saturated heterocycles. The van der Waals surface area contributed by atoms with Crippen molar-refractivity contribution in [2.45, 2.75) is 13.5 Å². The van der Waals surface area contributed by atoms with Crippen LogP contribution in [-0.4, -0.2) is 12.6 Å². The van der Waals surface area contributed by atoms with Crippen molar-refractivity contribution >= 4 is 27.5 Å². The summed E-state index contributed by atoms with van der Waals surface area (Å²) in [4.78, 5) is 11.3. The fraction of sp³-hybridized carbons (Fsp3) is 0.273. The van der Waals surface area contributed by atoms with Crippen LogP contribution in [0.1, 0.15) is 6.92 Å². The Morgan fingerprint density at radius 2 is 2.19 bits per heavy atom. The first kappa shape index (κ1) is 13.1. The summed E-state index contributed by atoms with van der Waals surface area (Å²) in [6, 6.07) is 8.01. The second-order valence-corrected chi connectivity index (χ2v) is 4.01. The molecule has 2 aromatic rings. The second-order valence-electron chi connectivity index (χ2n) is 3.12. The first-order valence-electron chi connectivity index (χ1n) is 4.82. The van der Waals surface area contributed by atoms with E-state index >= 15 is 0 Å². The lowest BCUT2D eigenvalue weighted by molar-refractivity contribution is -0.655. The number of esters is 1. The lowest BCUT2D eigenvalue weighted by Crippen LogP contribution is -3.00. The summed E-state index contributed by atoms with van der Waals surface area (Å²) in [5.41, 5.74) is 3.03. The van der Waals surface area contributed by atoms with Crippen molar-refractivity contribution in [3.8, 4) is 0 Å². The van der Waals surface area contributed by atoms with Gasteiger partial charge in [-0.15, -0.1) is 0 Å². The predicted octanol–water partition coefficient (Wildman–Crippen LogP) is -1.24. The van der Waals surface area contributed by atoms with E-state index < -0.39 is 0 Å². The van der Waals surface area contributed by atoms with E-state index in [4.69, 9.17) is 4.74 Å². The molecule has 0 bridgehead atoms. The molecule has 2 rings (SSSR count). The van der Waals surface area contributed by atoms with Crippen molar-refractivity contribution in [3.63, 3.8) is 0 Å². The maximum absolute atomic E-state index is 11.3. The third kappa shape index (κ3) is 2.80. The summed E-state index contributed by atoms with van der Waals surface area (Å²) >= 11 is 1.63. The predicted molar refractivity (Wildman–Crippen MR) is 58.7 cm³/mol. The summed E-state index contributed by atoms with van der Waals surface area (Å²) in [7, 11) is 0. The topological polar surface area (TPSA) is 30.2 Å². The highest BCUT2D eigenvalue weighted by molar-refractivity contribution is 7.16. The zero-order valence-electron chi connectivity index (χ0n) is 8.85. The van der Waals surface area contributed by atoms with Crippen LogP contribution in [0, 0.1) is 0 Å². The van der Waals surface area contributed by atoms with Gasteiger partial charge in [0, 0.05) is 6.07 Å². The molecule has 0 fully saturated rings. The molecule has 0 atom stereocenters. The van der Waals surface area contributed by atoms with Crippen LogP contribution in [0.2, 0.25) is 0 Å². The van der Waals surface area contributed by atoms with Gasteiger partial charge < -0.3 is 21.7 Å². The lowest BCUT2D eigenvalue weighted by Gasteiger charge is -1.96. The fourth-order valence-corrected chi connectivity index (χ4v) is 2.33. The molecule has 1 aromatic carbocycles. The molecule has 86 valence electrons. The van der Waals surface area contributed by atoms with Crippen molar-refractivity contribution in [3.05, 3.63) is 29.8 Å². The summed E-state index contributed by atoms with van der Waals surface area (Å²) in [5.74, 6) is -0.189. The molecule has 0 unspecified atom stereocenters. The Bertz CT molecular complexity index is 484. The number of nitrogens with zero attached hydrogens (tertiary/aromatic N) is 1. The van der Waals surface area contributed by atoms with Gasteiger partial charge in [-0.3, -0.25) is 0 Å².